The highest BCUT2D eigenvalue weighted by atomic mass is 19.1. The molecule has 1 aromatic rings. The molecule has 1 aliphatic rings. The van der Waals surface area contributed by atoms with Crippen molar-refractivity contribution < 1.29 is 19.0 Å². The molecule has 1 unspecified atom stereocenters. The molecule has 1 N–H and O–H groups in total. The number of hydrogen-bond donors (Lipinski definition) is 1. The Morgan fingerprint density at radius 2 is 1.88 bits per heavy atom. The SMILES string of the molecule is O=C(O)C(c1ccc(F)cc1)C1CCOCC1. The second kappa shape index (κ2) is 5.27. The molecule has 0 aromatic heterocycles. The zero-order chi connectivity index (χ0) is 12.3. The van der Waals surface area contributed by atoms with E-state index in [0.29, 0.717) is 18.8 Å². The average molecular weight is 238 g/mol. The van der Waals surface area contributed by atoms with Gasteiger partial charge in [0.15, 0.2) is 0 Å². The summed E-state index contributed by atoms with van der Waals surface area (Å²) in [5.74, 6) is -1.67. The van der Waals surface area contributed by atoms with Crippen LogP contribution in [-0.2, 0) is 9.53 Å². The van der Waals surface area contributed by atoms with Crippen LogP contribution >= 0.6 is 0 Å². The Morgan fingerprint density at radius 3 is 2.41 bits per heavy atom. The van der Waals surface area contributed by atoms with Crippen LogP contribution in [0.15, 0.2) is 24.3 Å². The molecule has 4 heteroatoms. The van der Waals surface area contributed by atoms with Crippen molar-refractivity contribution >= 4 is 5.97 Å². The quantitative estimate of drug-likeness (QED) is 0.879. The molecule has 1 aliphatic heterocycles. The molecule has 1 atom stereocenters. The molecule has 92 valence electrons. The van der Waals surface area contributed by atoms with Crippen LogP contribution in [0.25, 0.3) is 0 Å². The number of carbonyl (C=O) groups is 1. The highest BCUT2D eigenvalue weighted by Gasteiger charge is 2.30. The summed E-state index contributed by atoms with van der Waals surface area (Å²) in [4.78, 5) is 11.3. The lowest BCUT2D eigenvalue weighted by atomic mass is 9.81. The van der Waals surface area contributed by atoms with E-state index in [1.165, 1.54) is 12.1 Å². The molecule has 17 heavy (non-hydrogen) atoms. The van der Waals surface area contributed by atoms with Gasteiger partial charge in [-0.25, -0.2) is 4.39 Å². The maximum atomic E-state index is 12.8. The molecule has 0 radical (unpaired) electrons. The van der Waals surface area contributed by atoms with Gasteiger partial charge >= 0.3 is 5.97 Å². The van der Waals surface area contributed by atoms with Crippen LogP contribution in [0.2, 0.25) is 0 Å². The van der Waals surface area contributed by atoms with Gasteiger partial charge in [-0.3, -0.25) is 4.79 Å². The van der Waals surface area contributed by atoms with E-state index in [2.05, 4.69) is 0 Å². The summed E-state index contributed by atoms with van der Waals surface area (Å²) in [6, 6.07) is 5.74. The first-order valence-corrected chi connectivity index (χ1v) is 5.74. The van der Waals surface area contributed by atoms with Gasteiger partial charge < -0.3 is 9.84 Å². The van der Waals surface area contributed by atoms with Crippen molar-refractivity contribution in [3.63, 3.8) is 0 Å². The van der Waals surface area contributed by atoms with Gasteiger partial charge in [-0.2, -0.15) is 0 Å². The zero-order valence-electron chi connectivity index (χ0n) is 9.43. The number of halogens is 1. The topological polar surface area (TPSA) is 46.5 Å². The largest absolute Gasteiger partial charge is 0.481 e. The second-order valence-corrected chi connectivity index (χ2v) is 4.32. The second-order valence-electron chi connectivity index (χ2n) is 4.32. The Kier molecular flexibility index (Phi) is 3.74. The zero-order valence-corrected chi connectivity index (χ0v) is 9.43. The molecule has 3 nitrogen and oxygen atoms in total. The number of rotatable bonds is 3. The van der Waals surface area contributed by atoms with Crippen LogP contribution in [-0.4, -0.2) is 24.3 Å². The van der Waals surface area contributed by atoms with Crippen molar-refractivity contribution in [2.45, 2.75) is 18.8 Å². The third kappa shape index (κ3) is 2.82. The van der Waals surface area contributed by atoms with Gasteiger partial charge in [-0.05, 0) is 36.5 Å². The van der Waals surface area contributed by atoms with Gasteiger partial charge in [0.1, 0.15) is 5.82 Å². The molecule has 1 heterocycles. The number of ether oxygens (including phenoxy) is 1. The summed E-state index contributed by atoms with van der Waals surface area (Å²) >= 11 is 0. The lowest BCUT2D eigenvalue weighted by Crippen LogP contribution is -2.27. The molecule has 0 bridgehead atoms. The highest BCUT2D eigenvalue weighted by Crippen LogP contribution is 2.32. The van der Waals surface area contributed by atoms with E-state index >= 15 is 0 Å². The maximum Gasteiger partial charge on any atom is 0.311 e. The summed E-state index contributed by atoms with van der Waals surface area (Å²) in [7, 11) is 0. The Labute approximate surface area is 99.2 Å². The smallest absolute Gasteiger partial charge is 0.311 e. The first-order valence-electron chi connectivity index (χ1n) is 5.74. The van der Waals surface area contributed by atoms with Crippen LogP contribution in [0.4, 0.5) is 4.39 Å². The molecule has 0 spiro atoms. The minimum Gasteiger partial charge on any atom is -0.481 e. The first-order chi connectivity index (χ1) is 8.18. The fourth-order valence-electron chi connectivity index (χ4n) is 2.34. The van der Waals surface area contributed by atoms with Crippen molar-refractivity contribution in [3.8, 4) is 0 Å². The van der Waals surface area contributed by atoms with E-state index in [-0.39, 0.29) is 11.7 Å². The lowest BCUT2D eigenvalue weighted by Gasteiger charge is -2.27. The molecule has 0 saturated carbocycles. The normalized spacial score (nSPS) is 18.9. The van der Waals surface area contributed by atoms with E-state index < -0.39 is 11.9 Å². The predicted octanol–water partition coefficient (Wildman–Crippen LogP) is 2.42. The van der Waals surface area contributed by atoms with Crippen LogP contribution in [0.5, 0.6) is 0 Å². The third-order valence-electron chi connectivity index (χ3n) is 3.23. The van der Waals surface area contributed by atoms with E-state index in [4.69, 9.17) is 4.74 Å². The third-order valence-corrected chi connectivity index (χ3v) is 3.23. The Bertz CT molecular complexity index is 382. The van der Waals surface area contributed by atoms with Crippen LogP contribution < -0.4 is 0 Å². The van der Waals surface area contributed by atoms with Crippen molar-refractivity contribution in [1.29, 1.82) is 0 Å². The average Bonchev–Trinajstić information content (AvgIpc) is 2.33. The van der Waals surface area contributed by atoms with Gasteiger partial charge in [0.2, 0.25) is 0 Å². The van der Waals surface area contributed by atoms with Gasteiger partial charge in [-0.15, -0.1) is 0 Å². The standard InChI is InChI=1S/C13H15FO3/c14-11-3-1-9(2-4-11)12(13(15)16)10-5-7-17-8-6-10/h1-4,10,12H,5-8H2,(H,15,16). The Morgan fingerprint density at radius 1 is 1.29 bits per heavy atom. The van der Waals surface area contributed by atoms with E-state index in [0.717, 1.165) is 12.8 Å². The monoisotopic (exact) mass is 238 g/mol. The van der Waals surface area contributed by atoms with Crippen LogP contribution in [0.3, 0.4) is 0 Å². The maximum absolute atomic E-state index is 12.8. The van der Waals surface area contributed by atoms with Crippen molar-refractivity contribution in [2.24, 2.45) is 5.92 Å². The number of carboxylic acids is 1. The first kappa shape index (κ1) is 12.0. The van der Waals surface area contributed by atoms with E-state index in [1.807, 2.05) is 0 Å². The minimum absolute atomic E-state index is 0.0757. The van der Waals surface area contributed by atoms with Crippen molar-refractivity contribution in [2.75, 3.05) is 13.2 Å². The van der Waals surface area contributed by atoms with Gasteiger partial charge in [0, 0.05) is 13.2 Å². The fourth-order valence-corrected chi connectivity index (χ4v) is 2.34. The summed E-state index contributed by atoms with van der Waals surface area (Å²) in [6.07, 6.45) is 1.49. The van der Waals surface area contributed by atoms with Gasteiger partial charge in [-0.1, -0.05) is 12.1 Å². The molecule has 1 aromatic carbocycles. The van der Waals surface area contributed by atoms with Crippen LogP contribution in [0, 0.1) is 11.7 Å². The summed E-state index contributed by atoms with van der Waals surface area (Å²) in [5, 5.41) is 9.31. The number of benzene rings is 1. The molecule has 2 rings (SSSR count). The van der Waals surface area contributed by atoms with Crippen LogP contribution in [0.1, 0.15) is 24.3 Å². The predicted molar refractivity (Wildman–Crippen MR) is 60.3 cm³/mol. The molecule has 0 aliphatic carbocycles. The molecular weight excluding hydrogens is 223 g/mol. The summed E-state index contributed by atoms with van der Waals surface area (Å²) in [6.45, 7) is 1.21. The Balaban J connectivity index is 2.21. The number of aliphatic carboxylic acids is 1. The molecular formula is C13H15FO3. The van der Waals surface area contributed by atoms with Crippen molar-refractivity contribution in [3.05, 3.63) is 35.6 Å². The van der Waals surface area contributed by atoms with Gasteiger partial charge in [0.25, 0.3) is 0 Å². The highest BCUT2D eigenvalue weighted by molar-refractivity contribution is 5.76. The summed E-state index contributed by atoms with van der Waals surface area (Å²) < 4.78 is 18.1. The van der Waals surface area contributed by atoms with Crippen molar-refractivity contribution in [1.82, 2.24) is 0 Å². The van der Waals surface area contributed by atoms with Gasteiger partial charge in [0.05, 0.1) is 5.92 Å². The van der Waals surface area contributed by atoms with E-state index in [9.17, 15) is 14.3 Å². The number of hydrogen-bond acceptors (Lipinski definition) is 2. The Hall–Kier alpha value is -1.42. The minimum atomic E-state index is -0.844. The molecule has 0 amide bonds. The molecule has 1 fully saturated rings. The fraction of sp³-hybridized carbons (Fsp3) is 0.462. The van der Waals surface area contributed by atoms with E-state index in [1.54, 1.807) is 12.1 Å². The number of carboxylic acid groups (broad SMARTS) is 1. The molecule has 1 saturated heterocycles. The lowest BCUT2D eigenvalue weighted by molar-refractivity contribution is -0.141. The summed E-state index contributed by atoms with van der Waals surface area (Å²) in [5.41, 5.74) is 0.672.